The lowest BCUT2D eigenvalue weighted by Gasteiger charge is -2.36. The minimum atomic E-state index is -0.838. The Balaban J connectivity index is 1.44. The molecule has 5 rings (SSSR count). The third-order valence-corrected chi connectivity index (χ3v) is 7.61. The molecule has 1 amide bonds. The number of carbonyl (C=O) groups is 2. The molecule has 1 unspecified atom stereocenters. The van der Waals surface area contributed by atoms with Gasteiger partial charge < -0.3 is 14.9 Å². The molecule has 0 aliphatic carbocycles. The van der Waals surface area contributed by atoms with E-state index in [2.05, 4.69) is 39.0 Å². The van der Waals surface area contributed by atoms with Crippen LogP contribution >= 0.6 is 0 Å². The Labute approximate surface area is 235 Å². The topological polar surface area (TPSA) is 93.1 Å². The second kappa shape index (κ2) is 11.6. The van der Waals surface area contributed by atoms with Crippen molar-refractivity contribution >= 4 is 23.2 Å². The fourth-order valence-electron chi connectivity index (χ4n) is 5.21. The number of ketones is 1. The molecule has 9 heteroatoms. The van der Waals surface area contributed by atoms with E-state index in [1.54, 1.807) is 24.3 Å². The first-order chi connectivity index (χ1) is 19.2. The molecular weight excluding hydrogens is 504 g/mol. The Morgan fingerprint density at radius 3 is 2.20 bits per heavy atom. The number of aryl methyl sites for hydroxylation is 2. The van der Waals surface area contributed by atoms with E-state index < -0.39 is 23.5 Å². The smallest absolute Gasteiger partial charge is 0.295 e. The quantitative estimate of drug-likeness (QED) is 0.434. The van der Waals surface area contributed by atoms with E-state index >= 15 is 0 Å². The van der Waals surface area contributed by atoms with E-state index in [9.17, 15) is 14.7 Å². The molecule has 1 N–H and O–H groups in total. The number of aliphatic hydroxyl groups excluding tert-OH is 1. The van der Waals surface area contributed by atoms with E-state index in [0.29, 0.717) is 16.8 Å². The van der Waals surface area contributed by atoms with E-state index in [1.165, 1.54) is 4.90 Å². The number of amides is 1. The number of rotatable bonds is 8. The first-order valence-electron chi connectivity index (χ1n) is 13.6. The third-order valence-electron chi connectivity index (χ3n) is 7.61. The van der Waals surface area contributed by atoms with Gasteiger partial charge in [0.05, 0.1) is 17.3 Å². The molecule has 0 spiro atoms. The van der Waals surface area contributed by atoms with Crippen LogP contribution in [0, 0.1) is 13.8 Å². The van der Waals surface area contributed by atoms with E-state index in [4.69, 9.17) is 0 Å². The van der Waals surface area contributed by atoms with Gasteiger partial charge in [-0.3, -0.25) is 19.4 Å². The Morgan fingerprint density at radius 1 is 0.925 bits per heavy atom. The lowest BCUT2D eigenvalue weighted by molar-refractivity contribution is -0.117. The molecule has 1 atom stereocenters. The number of piperazine rings is 1. The van der Waals surface area contributed by atoms with Gasteiger partial charge >= 0.3 is 0 Å². The highest BCUT2D eigenvalue weighted by Gasteiger charge is 2.45. The molecule has 40 heavy (non-hydrogen) atoms. The van der Waals surface area contributed by atoms with Gasteiger partial charge in [0, 0.05) is 50.5 Å². The Kier molecular flexibility index (Phi) is 7.95. The molecule has 3 heterocycles. The van der Waals surface area contributed by atoms with Gasteiger partial charge in [0.25, 0.3) is 5.91 Å². The summed E-state index contributed by atoms with van der Waals surface area (Å²) in [6.07, 6.45) is 0. The normalized spacial score (nSPS) is 18.2. The highest BCUT2D eigenvalue weighted by molar-refractivity contribution is 6.20. The minimum Gasteiger partial charge on any atom is -0.503 e. The van der Waals surface area contributed by atoms with Crippen LogP contribution in [0.25, 0.3) is 0 Å². The summed E-state index contributed by atoms with van der Waals surface area (Å²) in [4.78, 5) is 35.5. The van der Waals surface area contributed by atoms with Crippen LogP contribution in [0.1, 0.15) is 33.2 Å². The molecule has 9 nitrogen and oxygen atoms in total. The van der Waals surface area contributed by atoms with Crippen LogP contribution in [0.2, 0.25) is 0 Å². The van der Waals surface area contributed by atoms with Gasteiger partial charge in [-0.25, -0.2) is 0 Å². The van der Waals surface area contributed by atoms with Crippen molar-refractivity contribution in [1.29, 1.82) is 0 Å². The van der Waals surface area contributed by atoms with Crippen molar-refractivity contribution in [2.75, 3.05) is 63.2 Å². The van der Waals surface area contributed by atoms with Gasteiger partial charge in [-0.1, -0.05) is 42.0 Å². The summed E-state index contributed by atoms with van der Waals surface area (Å²) in [5, 5.41) is 19.4. The molecule has 0 radical (unpaired) electrons. The fourth-order valence-corrected chi connectivity index (χ4v) is 5.21. The monoisotopic (exact) mass is 540 g/mol. The molecule has 1 aromatic heterocycles. The van der Waals surface area contributed by atoms with Crippen LogP contribution in [0.3, 0.4) is 0 Å². The van der Waals surface area contributed by atoms with Crippen LogP contribution < -0.4 is 9.80 Å². The average Bonchev–Trinajstić information content (AvgIpc) is 3.22. The number of aliphatic hydroxyl groups is 1. The van der Waals surface area contributed by atoms with E-state index in [1.807, 2.05) is 50.2 Å². The zero-order valence-electron chi connectivity index (χ0n) is 23.5. The number of anilines is 2. The lowest BCUT2D eigenvalue weighted by Crippen LogP contribution is -2.48. The number of Topliss-reactive ketones (excluding diaryl/α,β-unsaturated/α-hetero) is 1. The molecule has 3 aromatic rings. The van der Waals surface area contributed by atoms with Crippen molar-refractivity contribution in [3.63, 3.8) is 0 Å². The molecular formula is C31H36N6O3. The predicted molar refractivity (Wildman–Crippen MR) is 156 cm³/mol. The number of hydrogen-bond acceptors (Lipinski definition) is 8. The second-order valence-corrected chi connectivity index (χ2v) is 10.8. The molecule has 208 valence electrons. The van der Waals surface area contributed by atoms with Gasteiger partial charge in [0.15, 0.2) is 17.4 Å². The van der Waals surface area contributed by atoms with E-state index in [-0.39, 0.29) is 11.4 Å². The number of carbonyl (C=O) groups excluding carboxylic acids is 2. The lowest BCUT2D eigenvalue weighted by atomic mass is 9.92. The van der Waals surface area contributed by atoms with Gasteiger partial charge in [0.2, 0.25) is 0 Å². The van der Waals surface area contributed by atoms with Gasteiger partial charge in [-0.05, 0) is 57.8 Å². The van der Waals surface area contributed by atoms with Crippen LogP contribution in [-0.2, 0) is 4.79 Å². The summed E-state index contributed by atoms with van der Waals surface area (Å²) in [5.74, 6) is -1.35. The number of nitrogens with zero attached hydrogens (tertiary/aromatic N) is 6. The Morgan fingerprint density at radius 2 is 1.60 bits per heavy atom. The van der Waals surface area contributed by atoms with Crippen LogP contribution in [0.15, 0.2) is 72.0 Å². The molecule has 1 saturated heterocycles. The summed E-state index contributed by atoms with van der Waals surface area (Å²) in [6, 6.07) is 17.6. The average molecular weight is 541 g/mol. The minimum absolute atomic E-state index is 0.0403. The molecule has 2 aliphatic rings. The van der Waals surface area contributed by atoms with Gasteiger partial charge in [-0.15, -0.1) is 5.10 Å². The highest BCUT2D eigenvalue weighted by atomic mass is 16.3. The standard InChI is InChI=1S/C31H36N6O3/c1-21-5-8-24(9-6-21)29(38)27-28(37(31(40)30(27)39)26-14-7-22(2)32-33-26)23-10-12-25(13-11-23)36-19-17-35(18-20-36)16-15-34(3)4/h5-14,28,39H,15-20H2,1-4H3. The first-order valence-corrected chi connectivity index (χ1v) is 13.6. The zero-order valence-corrected chi connectivity index (χ0v) is 23.5. The third kappa shape index (κ3) is 5.61. The maximum absolute atomic E-state index is 13.7. The summed E-state index contributed by atoms with van der Waals surface area (Å²) in [7, 11) is 4.19. The maximum Gasteiger partial charge on any atom is 0.295 e. The largest absolute Gasteiger partial charge is 0.503 e. The SMILES string of the molecule is Cc1ccc(C(=O)C2=C(O)C(=O)N(c3ccc(C)nn3)C2c2ccc(N3CCN(CCN(C)C)CC3)cc2)cc1. The van der Waals surface area contributed by atoms with Crippen molar-refractivity contribution in [3.8, 4) is 0 Å². The number of hydrogen-bond donors (Lipinski definition) is 1. The fraction of sp³-hybridized carbons (Fsp3) is 0.355. The zero-order chi connectivity index (χ0) is 28.4. The van der Waals surface area contributed by atoms with Crippen LogP contribution in [0.5, 0.6) is 0 Å². The molecule has 2 aliphatic heterocycles. The molecule has 0 bridgehead atoms. The maximum atomic E-state index is 13.7. The summed E-state index contributed by atoms with van der Waals surface area (Å²) < 4.78 is 0. The van der Waals surface area contributed by atoms with Gasteiger partial charge in [-0.2, -0.15) is 5.10 Å². The Hall–Kier alpha value is -4.08. The first kappa shape index (κ1) is 27.5. The van der Waals surface area contributed by atoms with Crippen LogP contribution in [-0.4, -0.2) is 90.2 Å². The molecule has 2 aromatic carbocycles. The molecule has 1 fully saturated rings. The number of aromatic nitrogens is 2. The van der Waals surface area contributed by atoms with E-state index in [0.717, 1.165) is 50.5 Å². The second-order valence-electron chi connectivity index (χ2n) is 10.8. The van der Waals surface area contributed by atoms with Crippen molar-refractivity contribution in [1.82, 2.24) is 20.0 Å². The summed E-state index contributed by atoms with van der Waals surface area (Å²) in [5.41, 5.74) is 3.96. The number of benzene rings is 2. The van der Waals surface area contributed by atoms with Crippen molar-refractivity contribution < 1.29 is 14.7 Å². The highest BCUT2D eigenvalue weighted by Crippen LogP contribution is 2.41. The predicted octanol–water partition coefficient (Wildman–Crippen LogP) is 3.56. The van der Waals surface area contributed by atoms with Crippen molar-refractivity contribution in [2.24, 2.45) is 0 Å². The summed E-state index contributed by atoms with van der Waals surface area (Å²) >= 11 is 0. The van der Waals surface area contributed by atoms with Gasteiger partial charge in [0.1, 0.15) is 0 Å². The molecule has 0 saturated carbocycles. The van der Waals surface area contributed by atoms with Crippen molar-refractivity contribution in [2.45, 2.75) is 19.9 Å². The van der Waals surface area contributed by atoms with Crippen LogP contribution in [0.4, 0.5) is 11.5 Å². The number of likely N-dealkylation sites (N-methyl/N-ethyl adjacent to an activating group) is 1. The summed E-state index contributed by atoms with van der Waals surface area (Å²) in [6.45, 7) is 9.70. The van der Waals surface area contributed by atoms with Crippen molar-refractivity contribution in [3.05, 3.63) is 94.4 Å². The Bertz CT molecular complexity index is 1390.